The molecule has 3 heterocycles. The predicted octanol–water partition coefficient (Wildman–Crippen LogP) is 5.39. The molecule has 202 valence electrons. The molecule has 1 aromatic heterocycles. The Kier molecular flexibility index (Phi) is 7.53. The van der Waals surface area contributed by atoms with Crippen LogP contribution in [0.25, 0.3) is 11.3 Å². The molecule has 11 heteroatoms. The lowest BCUT2D eigenvalue weighted by molar-refractivity contribution is -0.137. The summed E-state index contributed by atoms with van der Waals surface area (Å²) in [6.45, 7) is 6.34. The zero-order valence-electron chi connectivity index (χ0n) is 20.7. The van der Waals surface area contributed by atoms with E-state index in [0.717, 1.165) is 70.7 Å². The first-order valence-corrected chi connectivity index (χ1v) is 12.9. The van der Waals surface area contributed by atoms with Crippen LogP contribution in [-0.2, 0) is 10.9 Å². The van der Waals surface area contributed by atoms with Crippen molar-refractivity contribution in [3.05, 3.63) is 35.4 Å². The first-order valence-electron chi connectivity index (χ1n) is 12.9. The van der Waals surface area contributed by atoms with Gasteiger partial charge in [0.2, 0.25) is 5.82 Å². The fourth-order valence-corrected chi connectivity index (χ4v) is 5.99. The maximum atomic E-state index is 14.6. The molecule has 2 saturated heterocycles. The van der Waals surface area contributed by atoms with Gasteiger partial charge in [0.25, 0.3) is 0 Å². The molecule has 0 bridgehead atoms. The monoisotopic (exact) mass is 526 g/mol. The first-order chi connectivity index (χ1) is 17.7. The predicted molar refractivity (Wildman–Crippen MR) is 127 cm³/mol. The minimum Gasteiger partial charge on any atom is -0.491 e. The van der Waals surface area contributed by atoms with Crippen molar-refractivity contribution >= 4 is 5.82 Å². The van der Waals surface area contributed by atoms with Crippen molar-refractivity contribution < 1.29 is 31.4 Å². The van der Waals surface area contributed by atoms with Crippen molar-refractivity contribution in [2.45, 2.75) is 44.8 Å². The van der Waals surface area contributed by atoms with Crippen molar-refractivity contribution in [1.82, 2.24) is 15.1 Å². The van der Waals surface area contributed by atoms with E-state index >= 15 is 0 Å². The van der Waals surface area contributed by atoms with E-state index in [0.29, 0.717) is 17.8 Å². The van der Waals surface area contributed by atoms with E-state index in [1.165, 1.54) is 6.07 Å². The van der Waals surface area contributed by atoms with Gasteiger partial charge in [-0.3, -0.25) is 0 Å². The summed E-state index contributed by atoms with van der Waals surface area (Å²) < 4.78 is 81.2. The highest BCUT2D eigenvalue weighted by atomic mass is 19.4. The number of nitrogens with zero attached hydrogens (tertiary/aromatic N) is 3. The van der Waals surface area contributed by atoms with Gasteiger partial charge in [-0.1, -0.05) is 0 Å². The Labute approximate surface area is 212 Å². The number of rotatable bonds is 7. The average Bonchev–Trinajstić information content (AvgIpc) is 3.40. The quantitative estimate of drug-likeness (QED) is 0.489. The van der Waals surface area contributed by atoms with Crippen molar-refractivity contribution in [3.8, 4) is 17.0 Å². The van der Waals surface area contributed by atoms with Gasteiger partial charge in [0, 0.05) is 44.5 Å². The molecule has 2 aromatic rings. The number of alkyl halides is 3. The van der Waals surface area contributed by atoms with E-state index in [1.54, 1.807) is 6.92 Å². The summed E-state index contributed by atoms with van der Waals surface area (Å²) in [5.74, 6) is -1.79. The smallest absolute Gasteiger partial charge is 0.420 e. The second kappa shape index (κ2) is 10.7. The van der Waals surface area contributed by atoms with Gasteiger partial charge in [-0.15, -0.1) is 10.2 Å². The molecule has 1 aromatic carbocycles. The van der Waals surface area contributed by atoms with Gasteiger partial charge >= 0.3 is 6.18 Å². The van der Waals surface area contributed by atoms with Gasteiger partial charge in [0.15, 0.2) is 17.4 Å². The molecule has 6 nitrogen and oxygen atoms in total. The number of hydrogen-bond donors (Lipinski definition) is 1. The number of ether oxygens (including phenoxy) is 2. The molecule has 0 radical (unpaired) electrons. The lowest BCUT2D eigenvalue weighted by Gasteiger charge is -2.28. The molecule has 2 aliphatic heterocycles. The average molecular weight is 527 g/mol. The van der Waals surface area contributed by atoms with E-state index in [2.05, 4.69) is 20.4 Å². The maximum Gasteiger partial charge on any atom is 0.420 e. The summed E-state index contributed by atoms with van der Waals surface area (Å²) in [4.78, 5) is 2.49. The molecule has 1 N–H and O–H groups in total. The summed E-state index contributed by atoms with van der Waals surface area (Å²) in [6, 6.07) is 2.88. The molecule has 3 aliphatic rings. The molecule has 0 amide bonds. The van der Waals surface area contributed by atoms with E-state index < -0.39 is 34.6 Å². The van der Waals surface area contributed by atoms with Crippen LogP contribution in [0.4, 0.5) is 27.8 Å². The topological polar surface area (TPSA) is 59.5 Å². The Morgan fingerprint density at radius 2 is 1.76 bits per heavy atom. The molecule has 3 fully saturated rings. The van der Waals surface area contributed by atoms with Crippen LogP contribution in [0.3, 0.4) is 0 Å². The standard InChI is InChI=1S/C26H31F5N4O2/c1-2-37-22-4-3-19(23(27)24(22)28)21-11-20(26(29,30)31)25(34-33-21)32-18-9-16-13-35(14-17(16)10-18)12-15-5-7-36-8-6-15/h3-4,11,15-18H,2,5-10,12-14H2,1H3,(H,32,34)/t16-,17?,18?/m1/s1. The lowest BCUT2D eigenvalue weighted by Crippen LogP contribution is -2.32. The van der Waals surface area contributed by atoms with Gasteiger partial charge < -0.3 is 19.7 Å². The fourth-order valence-electron chi connectivity index (χ4n) is 5.99. The van der Waals surface area contributed by atoms with Crippen LogP contribution in [0.15, 0.2) is 18.2 Å². The number of benzene rings is 1. The summed E-state index contributed by atoms with van der Waals surface area (Å²) in [5, 5.41) is 10.5. The summed E-state index contributed by atoms with van der Waals surface area (Å²) in [5.41, 5.74) is -1.86. The highest BCUT2D eigenvalue weighted by Gasteiger charge is 2.43. The Morgan fingerprint density at radius 3 is 2.41 bits per heavy atom. The van der Waals surface area contributed by atoms with Crippen LogP contribution >= 0.6 is 0 Å². The van der Waals surface area contributed by atoms with Crippen LogP contribution < -0.4 is 10.1 Å². The van der Waals surface area contributed by atoms with Crippen LogP contribution in [0, 0.1) is 29.4 Å². The second-order valence-corrected chi connectivity index (χ2v) is 10.3. The van der Waals surface area contributed by atoms with Crippen molar-refractivity contribution in [1.29, 1.82) is 0 Å². The van der Waals surface area contributed by atoms with Crippen molar-refractivity contribution in [2.75, 3.05) is 44.8 Å². The summed E-state index contributed by atoms with van der Waals surface area (Å²) >= 11 is 0. The van der Waals surface area contributed by atoms with Gasteiger partial charge in [0.05, 0.1) is 12.3 Å². The fraction of sp³-hybridized carbons (Fsp3) is 0.615. The Balaban J connectivity index is 1.28. The number of aromatic nitrogens is 2. The molecular weight excluding hydrogens is 495 g/mol. The van der Waals surface area contributed by atoms with Gasteiger partial charge in [0.1, 0.15) is 5.56 Å². The van der Waals surface area contributed by atoms with Gasteiger partial charge in [-0.2, -0.15) is 17.6 Å². The molecule has 5 rings (SSSR count). The summed E-state index contributed by atoms with van der Waals surface area (Å²) in [6.07, 6.45) is -1.07. The third-order valence-corrected chi connectivity index (χ3v) is 7.75. The highest BCUT2D eigenvalue weighted by Crippen LogP contribution is 2.42. The largest absolute Gasteiger partial charge is 0.491 e. The van der Waals surface area contributed by atoms with Crippen LogP contribution in [0.1, 0.15) is 38.2 Å². The molecule has 0 spiro atoms. The van der Waals surface area contributed by atoms with E-state index in [4.69, 9.17) is 9.47 Å². The third-order valence-electron chi connectivity index (χ3n) is 7.75. The zero-order valence-corrected chi connectivity index (χ0v) is 20.7. The molecule has 1 aliphatic carbocycles. The molecule has 3 atom stereocenters. The van der Waals surface area contributed by atoms with Crippen LogP contribution in [0.5, 0.6) is 5.75 Å². The normalized spacial score (nSPS) is 24.9. The van der Waals surface area contributed by atoms with E-state index in [1.807, 2.05) is 0 Å². The van der Waals surface area contributed by atoms with E-state index in [9.17, 15) is 22.0 Å². The number of likely N-dealkylation sites (tertiary alicyclic amines) is 1. The van der Waals surface area contributed by atoms with Crippen LogP contribution in [0.2, 0.25) is 0 Å². The van der Waals surface area contributed by atoms with Crippen LogP contribution in [-0.4, -0.2) is 60.6 Å². The number of nitrogens with one attached hydrogen (secondary N) is 1. The molecular formula is C26H31F5N4O2. The van der Waals surface area contributed by atoms with Gasteiger partial charge in [-0.25, -0.2) is 4.39 Å². The molecule has 1 saturated carbocycles. The number of anilines is 1. The van der Waals surface area contributed by atoms with Crippen molar-refractivity contribution in [3.63, 3.8) is 0 Å². The lowest BCUT2D eigenvalue weighted by atomic mass is 10.00. The number of halogens is 5. The third kappa shape index (κ3) is 5.67. The Morgan fingerprint density at radius 1 is 1.05 bits per heavy atom. The summed E-state index contributed by atoms with van der Waals surface area (Å²) in [7, 11) is 0. The zero-order chi connectivity index (χ0) is 26.2. The van der Waals surface area contributed by atoms with Gasteiger partial charge in [-0.05, 0) is 68.6 Å². The first kappa shape index (κ1) is 26.1. The number of hydrogen-bond acceptors (Lipinski definition) is 6. The minimum absolute atomic E-state index is 0.116. The van der Waals surface area contributed by atoms with Crippen molar-refractivity contribution in [2.24, 2.45) is 17.8 Å². The Hall–Kier alpha value is -2.53. The highest BCUT2D eigenvalue weighted by molar-refractivity contribution is 5.64. The Bertz CT molecular complexity index is 1100. The van der Waals surface area contributed by atoms with E-state index in [-0.39, 0.29) is 24.2 Å². The molecule has 2 unspecified atom stereocenters. The SMILES string of the molecule is CCOc1ccc(-c2cc(C(F)(F)F)c(NC3CC4CN(CC5CCOCC5)C[C@H]4C3)nn2)c(F)c1F. The number of fused-ring (bicyclic) bond motifs is 1. The molecule has 37 heavy (non-hydrogen) atoms. The second-order valence-electron chi connectivity index (χ2n) is 10.3. The minimum atomic E-state index is -4.75. The maximum absolute atomic E-state index is 14.6.